The van der Waals surface area contributed by atoms with Crippen molar-refractivity contribution in [3.8, 4) is 0 Å². The second-order valence-corrected chi connectivity index (χ2v) is 4.94. The van der Waals surface area contributed by atoms with E-state index < -0.39 is 0 Å². The third-order valence-electron chi connectivity index (χ3n) is 1.82. The SMILES string of the molecule is c1ccc2c(c1)CCC[Se]2. The van der Waals surface area contributed by atoms with Crippen molar-refractivity contribution >= 4 is 19.4 Å². The van der Waals surface area contributed by atoms with Crippen LogP contribution in [0.5, 0.6) is 0 Å². The van der Waals surface area contributed by atoms with Crippen LogP contribution in [-0.4, -0.2) is 15.0 Å². The van der Waals surface area contributed by atoms with Gasteiger partial charge in [0.05, 0.1) is 0 Å². The molecule has 1 aromatic carbocycles. The van der Waals surface area contributed by atoms with Crippen LogP contribution in [-0.2, 0) is 6.42 Å². The van der Waals surface area contributed by atoms with Gasteiger partial charge in [0.25, 0.3) is 0 Å². The predicted octanol–water partition coefficient (Wildman–Crippen LogP) is 1.38. The van der Waals surface area contributed by atoms with Gasteiger partial charge in [0, 0.05) is 0 Å². The van der Waals surface area contributed by atoms with E-state index in [1.54, 1.807) is 10.0 Å². The molecule has 1 heteroatoms. The molecule has 0 nitrogen and oxygen atoms in total. The predicted molar refractivity (Wildman–Crippen MR) is 45.0 cm³/mol. The summed E-state index contributed by atoms with van der Waals surface area (Å²) in [5.74, 6) is 0. The Kier molecular flexibility index (Phi) is 1.79. The maximum atomic E-state index is 2.29. The fourth-order valence-corrected chi connectivity index (χ4v) is 3.48. The summed E-state index contributed by atoms with van der Waals surface area (Å²) in [5.41, 5.74) is 1.61. The van der Waals surface area contributed by atoms with Gasteiger partial charge in [-0.1, -0.05) is 0 Å². The number of rotatable bonds is 0. The summed E-state index contributed by atoms with van der Waals surface area (Å²) in [6.07, 6.45) is 2.73. The Bertz CT molecular complexity index is 205. The number of benzene rings is 1. The number of hydrogen-bond donors (Lipinski definition) is 0. The van der Waals surface area contributed by atoms with E-state index >= 15 is 0 Å². The van der Waals surface area contributed by atoms with E-state index in [1.807, 2.05) is 0 Å². The fourth-order valence-electron chi connectivity index (χ4n) is 1.30. The van der Waals surface area contributed by atoms with Crippen LogP contribution in [0.4, 0.5) is 0 Å². The molecule has 1 aliphatic rings. The van der Waals surface area contributed by atoms with E-state index in [9.17, 15) is 0 Å². The summed E-state index contributed by atoms with van der Waals surface area (Å²) in [5, 5.41) is 1.45. The third kappa shape index (κ3) is 1.12. The molecular weight excluding hydrogens is 187 g/mol. The van der Waals surface area contributed by atoms with Crippen molar-refractivity contribution in [3.05, 3.63) is 29.8 Å². The van der Waals surface area contributed by atoms with Gasteiger partial charge in [-0.25, -0.2) is 0 Å². The van der Waals surface area contributed by atoms with Crippen LogP contribution in [0.15, 0.2) is 24.3 Å². The molecule has 0 fully saturated rings. The summed E-state index contributed by atoms with van der Waals surface area (Å²) in [6, 6.07) is 8.87. The van der Waals surface area contributed by atoms with Gasteiger partial charge >= 0.3 is 67.4 Å². The van der Waals surface area contributed by atoms with Gasteiger partial charge in [0.1, 0.15) is 0 Å². The molecule has 2 rings (SSSR count). The van der Waals surface area contributed by atoms with E-state index in [-0.39, 0.29) is 0 Å². The molecule has 0 aromatic heterocycles. The first-order valence-corrected chi connectivity index (χ1v) is 5.74. The van der Waals surface area contributed by atoms with Crippen LogP contribution >= 0.6 is 0 Å². The second-order valence-electron chi connectivity index (χ2n) is 2.56. The van der Waals surface area contributed by atoms with E-state index in [4.69, 9.17) is 0 Å². The van der Waals surface area contributed by atoms with Crippen LogP contribution < -0.4 is 4.46 Å². The summed E-state index contributed by atoms with van der Waals surface area (Å²) in [4.78, 5) is 0. The molecule has 0 amide bonds. The molecule has 10 heavy (non-hydrogen) atoms. The van der Waals surface area contributed by atoms with Crippen molar-refractivity contribution in [3.63, 3.8) is 0 Å². The molecule has 0 radical (unpaired) electrons. The van der Waals surface area contributed by atoms with Crippen molar-refractivity contribution in [2.24, 2.45) is 0 Å². The Morgan fingerprint density at radius 1 is 1.20 bits per heavy atom. The molecule has 0 aliphatic carbocycles. The van der Waals surface area contributed by atoms with E-state index in [0.717, 1.165) is 15.0 Å². The van der Waals surface area contributed by atoms with Gasteiger partial charge < -0.3 is 0 Å². The van der Waals surface area contributed by atoms with Crippen LogP contribution in [0, 0.1) is 0 Å². The normalized spacial score (nSPS) is 16.4. The molecule has 0 spiro atoms. The monoisotopic (exact) mass is 198 g/mol. The van der Waals surface area contributed by atoms with Crippen LogP contribution in [0.25, 0.3) is 0 Å². The first-order valence-electron chi connectivity index (χ1n) is 3.67. The third-order valence-corrected chi connectivity index (χ3v) is 4.34. The van der Waals surface area contributed by atoms with Crippen molar-refractivity contribution in [2.75, 3.05) is 0 Å². The first kappa shape index (κ1) is 6.45. The van der Waals surface area contributed by atoms with Gasteiger partial charge in [0.2, 0.25) is 0 Å². The Morgan fingerprint density at radius 2 is 2.10 bits per heavy atom. The fraction of sp³-hybridized carbons (Fsp3) is 0.333. The quantitative estimate of drug-likeness (QED) is 0.551. The molecule has 52 valence electrons. The molecule has 0 saturated carbocycles. The molecule has 0 N–H and O–H groups in total. The molecule has 1 aliphatic heterocycles. The van der Waals surface area contributed by atoms with Gasteiger partial charge in [-0.2, -0.15) is 0 Å². The number of hydrogen-bond acceptors (Lipinski definition) is 0. The minimum absolute atomic E-state index is 0.787. The molecule has 0 bridgehead atoms. The van der Waals surface area contributed by atoms with Gasteiger partial charge in [-0.05, 0) is 0 Å². The molecule has 0 unspecified atom stereocenters. The molecular formula is C9H10Se. The van der Waals surface area contributed by atoms with Gasteiger partial charge in [0.15, 0.2) is 0 Å². The summed E-state index contributed by atoms with van der Waals surface area (Å²) >= 11 is 0.787. The van der Waals surface area contributed by atoms with Crippen LogP contribution in [0.3, 0.4) is 0 Å². The number of aryl methyl sites for hydroxylation is 1. The van der Waals surface area contributed by atoms with Crippen LogP contribution in [0.1, 0.15) is 12.0 Å². The average molecular weight is 197 g/mol. The Morgan fingerprint density at radius 3 is 3.00 bits per heavy atom. The summed E-state index contributed by atoms with van der Waals surface area (Å²) in [6.45, 7) is 0. The Hall–Kier alpha value is -0.261. The second kappa shape index (κ2) is 2.77. The molecule has 1 aromatic rings. The van der Waals surface area contributed by atoms with Gasteiger partial charge in [-0.3, -0.25) is 0 Å². The average Bonchev–Trinajstić information content (AvgIpc) is 2.05. The Labute approximate surface area is 67.8 Å². The number of fused-ring (bicyclic) bond motifs is 1. The Balaban J connectivity index is 2.41. The molecule has 0 atom stereocenters. The van der Waals surface area contributed by atoms with Gasteiger partial charge in [-0.15, -0.1) is 0 Å². The zero-order valence-electron chi connectivity index (χ0n) is 5.84. The topological polar surface area (TPSA) is 0 Å². The molecule has 0 saturated heterocycles. The van der Waals surface area contributed by atoms with Crippen molar-refractivity contribution in [1.29, 1.82) is 0 Å². The summed E-state index contributed by atoms with van der Waals surface area (Å²) < 4.78 is 1.64. The zero-order valence-corrected chi connectivity index (χ0v) is 7.55. The van der Waals surface area contributed by atoms with Crippen molar-refractivity contribution in [1.82, 2.24) is 0 Å². The maximum absolute atomic E-state index is 2.29. The molecule has 1 heterocycles. The van der Waals surface area contributed by atoms with Crippen molar-refractivity contribution in [2.45, 2.75) is 18.2 Å². The van der Waals surface area contributed by atoms with Crippen molar-refractivity contribution < 1.29 is 0 Å². The zero-order chi connectivity index (χ0) is 6.81. The minimum atomic E-state index is 0.787. The van der Waals surface area contributed by atoms with E-state index in [2.05, 4.69) is 24.3 Å². The van der Waals surface area contributed by atoms with Crippen LogP contribution in [0.2, 0.25) is 5.32 Å². The summed E-state index contributed by atoms with van der Waals surface area (Å²) in [7, 11) is 0. The van der Waals surface area contributed by atoms with E-state index in [0.29, 0.717) is 0 Å². The van der Waals surface area contributed by atoms with E-state index in [1.165, 1.54) is 18.2 Å². The standard InChI is InChI=1S/C9H10Se/c1-2-6-9-8(4-1)5-3-7-10-9/h1-2,4,6H,3,5,7H2. The first-order chi connectivity index (χ1) is 4.97.